The zero-order valence-electron chi connectivity index (χ0n) is 22.4. The third-order valence-corrected chi connectivity index (χ3v) is 8.53. The third kappa shape index (κ3) is 8.09. The molecule has 2 heterocycles. The Kier molecular flexibility index (Phi) is 9.74. The molecule has 1 aromatic heterocycles. The van der Waals surface area contributed by atoms with Crippen LogP contribution in [0.15, 0.2) is 58.8 Å². The molecule has 1 atom stereocenters. The van der Waals surface area contributed by atoms with Gasteiger partial charge in [-0.15, -0.1) is 11.3 Å². The van der Waals surface area contributed by atoms with Crippen LogP contribution in [0.5, 0.6) is 0 Å². The first kappa shape index (κ1) is 33.7. The van der Waals surface area contributed by atoms with E-state index in [0.717, 1.165) is 28.0 Å². The largest absolute Gasteiger partial charge is 0.478 e. The van der Waals surface area contributed by atoms with Crippen LogP contribution in [-0.2, 0) is 26.7 Å². The lowest BCUT2D eigenvalue weighted by atomic mass is 10.0. The molecule has 236 valence electrons. The molecule has 1 aliphatic heterocycles. The van der Waals surface area contributed by atoms with Gasteiger partial charge in [0.2, 0.25) is 11.8 Å². The summed E-state index contributed by atoms with van der Waals surface area (Å²) in [4.78, 5) is 50.5. The summed E-state index contributed by atoms with van der Waals surface area (Å²) in [6.07, 6.45) is -9.23. The van der Waals surface area contributed by atoms with Crippen molar-refractivity contribution in [1.82, 2.24) is 4.90 Å². The molecule has 0 bridgehead atoms. The van der Waals surface area contributed by atoms with Gasteiger partial charge in [-0.3, -0.25) is 19.3 Å². The number of nitrogens with one attached hydrogen (secondary N) is 1. The van der Waals surface area contributed by atoms with Gasteiger partial charge < -0.3 is 16.2 Å². The number of carboxylic acid groups (broad SMARTS) is 1. The fraction of sp³-hybridized carbons (Fsp3) is 0.179. The van der Waals surface area contributed by atoms with E-state index in [-0.39, 0.29) is 50.5 Å². The number of alkyl halides is 6. The molecule has 0 saturated carbocycles. The van der Waals surface area contributed by atoms with E-state index in [1.807, 2.05) is 0 Å². The molecule has 8 nitrogen and oxygen atoms in total. The first-order valence-electron chi connectivity index (χ1n) is 12.5. The normalized spacial score (nSPS) is 15.4. The number of carbonyl (C=O) groups is 4. The predicted molar refractivity (Wildman–Crippen MR) is 159 cm³/mol. The van der Waals surface area contributed by atoms with Gasteiger partial charge in [0.25, 0.3) is 5.91 Å². The van der Waals surface area contributed by atoms with Crippen LogP contribution in [0.1, 0.15) is 39.2 Å². The number of carbonyl (C=O) groups excluding carboxylic acids is 3. The van der Waals surface area contributed by atoms with Crippen LogP contribution in [0.3, 0.4) is 0 Å². The summed E-state index contributed by atoms with van der Waals surface area (Å²) in [6.45, 7) is 0. The lowest BCUT2D eigenvalue weighted by molar-refractivity contribution is -0.143. The topological polar surface area (TPSA) is 130 Å². The van der Waals surface area contributed by atoms with Gasteiger partial charge in [0.15, 0.2) is 0 Å². The molecular formula is C28H19F6N3O5S3. The van der Waals surface area contributed by atoms with Crippen LogP contribution in [0.25, 0.3) is 17.2 Å². The smallest absolute Gasteiger partial charge is 0.416 e. The molecule has 17 heteroatoms. The highest BCUT2D eigenvalue weighted by Crippen LogP contribution is 2.41. The second-order valence-corrected chi connectivity index (χ2v) is 12.1. The highest BCUT2D eigenvalue weighted by atomic mass is 32.2. The summed E-state index contributed by atoms with van der Waals surface area (Å²) in [5, 5.41) is 12.9. The SMILES string of the molecule is NC(=O)CC[C@H](C(=O)Nc1ccc(C(=O)O)cc1)N1C(=O)/C(=C/c2cc(-c3cc(C(F)(F)F)cc(C(F)(F)F)c3)cs2)SC1=S. The van der Waals surface area contributed by atoms with Crippen LogP contribution in [-0.4, -0.2) is 44.1 Å². The number of anilines is 1. The van der Waals surface area contributed by atoms with Crippen molar-refractivity contribution in [2.45, 2.75) is 31.2 Å². The molecule has 45 heavy (non-hydrogen) atoms. The number of aromatic carboxylic acids is 1. The summed E-state index contributed by atoms with van der Waals surface area (Å²) < 4.78 is 79.9. The van der Waals surface area contributed by atoms with Crippen molar-refractivity contribution in [3.63, 3.8) is 0 Å². The zero-order valence-corrected chi connectivity index (χ0v) is 24.8. The number of primary amides is 1. The van der Waals surface area contributed by atoms with Crippen LogP contribution >= 0.6 is 35.3 Å². The van der Waals surface area contributed by atoms with E-state index in [9.17, 15) is 45.5 Å². The Morgan fingerprint density at radius 3 is 2.11 bits per heavy atom. The lowest BCUT2D eigenvalue weighted by Crippen LogP contribution is -2.46. The van der Waals surface area contributed by atoms with Gasteiger partial charge in [0.1, 0.15) is 10.4 Å². The minimum Gasteiger partial charge on any atom is -0.478 e. The number of nitrogens with zero attached hydrogens (tertiary/aromatic N) is 1. The molecule has 0 radical (unpaired) electrons. The van der Waals surface area contributed by atoms with Crippen LogP contribution < -0.4 is 11.1 Å². The number of hydrogen-bond acceptors (Lipinski definition) is 7. The molecule has 3 aromatic rings. The Labute approximate surface area is 263 Å². The third-order valence-electron chi connectivity index (χ3n) is 6.32. The van der Waals surface area contributed by atoms with E-state index >= 15 is 0 Å². The predicted octanol–water partition coefficient (Wildman–Crippen LogP) is 6.62. The molecule has 0 aliphatic carbocycles. The minimum atomic E-state index is -5.03. The molecule has 3 amide bonds. The molecule has 1 aliphatic rings. The fourth-order valence-electron chi connectivity index (χ4n) is 4.16. The number of thiocarbonyl (C=S) groups is 1. The maximum absolute atomic E-state index is 13.4. The highest BCUT2D eigenvalue weighted by Gasteiger charge is 2.41. The number of nitrogens with two attached hydrogens (primary N) is 1. The summed E-state index contributed by atoms with van der Waals surface area (Å²) >= 11 is 7.08. The average molecular weight is 688 g/mol. The maximum atomic E-state index is 13.4. The van der Waals surface area contributed by atoms with Gasteiger partial charge in [-0.1, -0.05) is 24.0 Å². The number of hydrogen-bond donors (Lipinski definition) is 3. The Hall–Kier alpha value is -4.22. The monoisotopic (exact) mass is 687 g/mol. The van der Waals surface area contributed by atoms with Gasteiger partial charge in [-0.2, -0.15) is 26.3 Å². The van der Waals surface area contributed by atoms with E-state index in [1.165, 1.54) is 41.8 Å². The summed E-state index contributed by atoms with van der Waals surface area (Å²) in [5.74, 6) is -3.42. The number of amides is 3. The van der Waals surface area contributed by atoms with Crippen LogP contribution in [0, 0.1) is 0 Å². The van der Waals surface area contributed by atoms with Crippen molar-refractivity contribution < 1.29 is 50.6 Å². The number of thiophene rings is 1. The van der Waals surface area contributed by atoms with Crippen molar-refractivity contribution in [2.24, 2.45) is 5.73 Å². The van der Waals surface area contributed by atoms with Gasteiger partial charge in [-0.25, -0.2) is 4.79 Å². The lowest BCUT2D eigenvalue weighted by Gasteiger charge is -2.25. The van der Waals surface area contributed by atoms with Crippen molar-refractivity contribution in [3.8, 4) is 11.1 Å². The van der Waals surface area contributed by atoms with Gasteiger partial charge in [0.05, 0.1) is 21.6 Å². The number of rotatable bonds is 9. The van der Waals surface area contributed by atoms with Crippen molar-refractivity contribution in [3.05, 3.63) is 80.4 Å². The van der Waals surface area contributed by atoms with Gasteiger partial charge in [0, 0.05) is 17.0 Å². The van der Waals surface area contributed by atoms with Crippen molar-refractivity contribution in [2.75, 3.05) is 5.32 Å². The molecule has 4 N–H and O–H groups in total. The van der Waals surface area contributed by atoms with Gasteiger partial charge in [-0.05, 0) is 77.5 Å². The van der Waals surface area contributed by atoms with Gasteiger partial charge >= 0.3 is 18.3 Å². The maximum Gasteiger partial charge on any atom is 0.416 e. The number of thioether (sulfide) groups is 1. The molecule has 4 rings (SSSR count). The first-order chi connectivity index (χ1) is 20.9. The standard InChI is InChI=1S/C28H19F6N3O5S3/c29-27(30,31)16-7-14(8-17(10-16)28(32,33)34)15-9-19(44-12-15)11-21-24(40)37(26(43)45-21)20(5-6-22(35)38)23(39)36-18-3-1-13(2-4-18)25(41)42/h1-4,7-12,20H,5-6H2,(H2,35,38)(H,36,39)(H,41,42)/b21-11-/t20-/m1/s1. The molecule has 2 aromatic carbocycles. The molecular weight excluding hydrogens is 669 g/mol. The number of halogens is 6. The van der Waals surface area contributed by atoms with Crippen molar-refractivity contribution in [1.29, 1.82) is 0 Å². The molecule has 0 spiro atoms. The quantitative estimate of drug-likeness (QED) is 0.131. The number of benzene rings is 2. The molecule has 1 fully saturated rings. The summed E-state index contributed by atoms with van der Waals surface area (Å²) in [7, 11) is 0. The molecule has 1 saturated heterocycles. The average Bonchev–Trinajstić information content (AvgIpc) is 3.52. The van der Waals surface area contributed by atoms with Crippen LogP contribution in [0.4, 0.5) is 32.0 Å². The zero-order chi connectivity index (χ0) is 33.3. The second-order valence-electron chi connectivity index (χ2n) is 9.48. The Balaban J connectivity index is 1.61. The van der Waals surface area contributed by atoms with E-state index < -0.39 is 53.2 Å². The fourth-order valence-corrected chi connectivity index (χ4v) is 6.43. The van der Waals surface area contributed by atoms with E-state index in [2.05, 4.69) is 5.32 Å². The minimum absolute atomic E-state index is 0.0103. The van der Waals surface area contributed by atoms with E-state index in [1.54, 1.807) is 0 Å². The first-order valence-corrected chi connectivity index (χ1v) is 14.6. The van der Waals surface area contributed by atoms with Crippen LogP contribution in [0.2, 0.25) is 0 Å². The summed E-state index contributed by atoms with van der Waals surface area (Å²) in [5.41, 5.74) is 2.18. The number of carboxylic acids is 1. The summed E-state index contributed by atoms with van der Waals surface area (Å²) in [6, 6.07) is 6.37. The highest BCUT2D eigenvalue weighted by molar-refractivity contribution is 8.26. The van der Waals surface area contributed by atoms with E-state index in [0.29, 0.717) is 17.0 Å². The Morgan fingerprint density at radius 1 is 0.978 bits per heavy atom. The Bertz CT molecular complexity index is 1690. The van der Waals surface area contributed by atoms with Crippen molar-refractivity contribution >= 4 is 75.1 Å². The van der Waals surface area contributed by atoms with E-state index in [4.69, 9.17) is 23.1 Å². The second kappa shape index (κ2) is 13.0. The molecule has 0 unspecified atom stereocenters. The Morgan fingerprint density at radius 2 is 1.58 bits per heavy atom.